The van der Waals surface area contributed by atoms with E-state index in [-0.39, 0.29) is 0 Å². The lowest BCUT2D eigenvalue weighted by atomic mass is 9.97. The van der Waals surface area contributed by atoms with Crippen molar-refractivity contribution >= 4 is 11.8 Å². The van der Waals surface area contributed by atoms with Crippen molar-refractivity contribution < 1.29 is 0 Å². The number of hydrogen-bond acceptors (Lipinski definition) is 4. The Kier molecular flexibility index (Phi) is 3.57. The van der Waals surface area contributed by atoms with E-state index in [1.165, 1.54) is 35.5 Å². The largest absolute Gasteiger partial charge is 0.311 e. The van der Waals surface area contributed by atoms with Crippen LogP contribution in [-0.2, 0) is 13.0 Å². The summed E-state index contributed by atoms with van der Waals surface area (Å²) in [4.78, 5) is 9.75. The van der Waals surface area contributed by atoms with E-state index >= 15 is 0 Å². The van der Waals surface area contributed by atoms with Crippen molar-refractivity contribution in [3.63, 3.8) is 0 Å². The normalized spacial score (nSPS) is 23.4. The molecule has 1 aromatic heterocycles. The molecule has 3 heterocycles. The van der Waals surface area contributed by atoms with Crippen LogP contribution >= 0.6 is 11.8 Å². The summed E-state index contributed by atoms with van der Waals surface area (Å²) in [5.74, 6) is 2.86. The summed E-state index contributed by atoms with van der Waals surface area (Å²) in [5, 5.41) is 3.96. The fraction of sp³-hybridized carbons (Fsp3) is 0.714. The van der Waals surface area contributed by atoms with Gasteiger partial charge < -0.3 is 5.32 Å². The summed E-state index contributed by atoms with van der Waals surface area (Å²) < 4.78 is 0. The van der Waals surface area contributed by atoms with E-state index in [1.807, 2.05) is 11.8 Å². The molecule has 0 radical (unpaired) electrons. The molecule has 98 valence electrons. The Balaban J connectivity index is 2.03. The van der Waals surface area contributed by atoms with Gasteiger partial charge in [0.2, 0.25) is 0 Å². The van der Waals surface area contributed by atoms with Crippen LogP contribution in [0.5, 0.6) is 0 Å². The van der Waals surface area contributed by atoms with Gasteiger partial charge in [0.25, 0.3) is 0 Å². The van der Waals surface area contributed by atoms with Crippen molar-refractivity contribution in [2.24, 2.45) is 0 Å². The first-order valence-electron chi connectivity index (χ1n) is 6.97. The van der Waals surface area contributed by atoms with Crippen LogP contribution in [0.15, 0.2) is 0 Å². The van der Waals surface area contributed by atoms with Crippen molar-refractivity contribution in [2.45, 2.75) is 50.8 Å². The van der Waals surface area contributed by atoms with Crippen LogP contribution in [0.1, 0.15) is 60.6 Å². The fourth-order valence-corrected chi connectivity index (χ4v) is 4.02. The number of thioether (sulfide) groups is 1. The van der Waals surface area contributed by atoms with Crippen molar-refractivity contribution in [2.75, 3.05) is 12.3 Å². The zero-order chi connectivity index (χ0) is 12.5. The standard InChI is InChI=1S/C14H21N3S/c1-9(2)13-10-5-6-15-8-11(10)16-14(17-13)12-4-3-7-18-12/h9,12,15H,3-8H2,1-2H3. The number of nitrogens with one attached hydrogen (secondary N) is 1. The average Bonchev–Trinajstić information content (AvgIpc) is 2.91. The first kappa shape index (κ1) is 12.4. The molecule has 3 nitrogen and oxygen atoms in total. The maximum atomic E-state index is 4.91. The second kappa shape index (κ2) is 5.17. The molecule has 0 amide bonds. The third-order valence-corrected chi connectivity index (χ3v) is 5.12. The highest BCUT2D eigenvalue weighted by atomic mass is 32.2. The van der Waals surface area contributed by atoms with Gasteiger partial charge in [-0.25, -0.2) is 9.97 Å². The first-order valence-corrected chi connectivity index (χ1v) is 8.02. The highest BCUT2D eigenvalue weighted by Gasteiger charge is 2.25. The minimum absolute atomic E-state index is 0.505. The van der Waals surface area contributed by atoms with Crippen molar-refractivity contribution in [1.82, 2.24) is 15.3 Å². The maximum absolute atomic E-state index is 4.91. The Morgan fingerprint density at radius 2 is 2.22 bits per heavy atom. The van der Waals surface area contributed by atoms with E-state index in [9.17, 15) is 0 Å². The van der Waals surface area contributed by atoms with E-state index in [1.54, 1.807) is 0 Å². The van der Waals surface area contributed by atoms with Crippen LogP contribution in [0.2, 0.25) is 0 Å². The van der Waals surface area contributed by atoms with Gasteiger partial charge in [-0.2, -0.15) is 11.8 Å². The molecule has 1 saturated heterocycles. The molecule has 1 unspecified atom stereocenters. The summed E-state index contributed by atoms with van der Waals surface area (Å²) in [7, 11) is 0. The molecule has 1 aromatic rings. The molecule has 0 bridgehead atoms. The monoisotopic (exact) mass is 263 g/mol. The number of rotatable bonds is 2. The van der Waals surface area contributed by atoms with Crippen molar-refractivity contribution in [3.05, 3.63) is 22.8 Å². The molecule has 4 heteroatoms. The zero-order valence-electron chi connectivity index (χ0n) is 11.2. The van der Waals surface area contributed by atoms with Gasteiger partial charge in [0, 0.05) is 6.54 Å². The van der Waals surface area contributed by atoms with Gasteiger partial charge in [-0.15, -0.1) is 0 Å². The molecule has 1 atom stereocenters. The molecule has 0 saturated carbocycles. The van der Waals surface area contributed by atoms with Crippen LogP contribution < -0.4 is 5.32 Å². The van der Waals surface area contributed by atoms with E-state index in [4.69, 9.17) is 9.97 Å². The zero-order valence-corrected chi connectivity index (χ0v) is 12.0. The topological polar surface area (TPSA) is 37.8 Å². The number of fused-ring (bicyclic) bond motifs is 1. The molecular weight excluding hydrogens is 242 g/mol. The summed E-state index contributed by atoms with van der Waals surface area (Å²) in [6, 6.07) is 0. The molecule has 0 spiro atoms. The molecule has 0 aromatic carbocycles. The van der Waals surface area contributed by atoms with E-state index in [0.29, 0.717) is 11.2 Å². The maximum Gasteiger partial charge on any atom is 0.141 e. The van der Waals surface area contributed by atoms with Gasteiger partial charge in [-0.05, 0) is 43.0 Å². The molecule has 18 heavy (non-hydrogen) atoms. The lowest BCUT2D eigenvalue weighted by Crippen LogP contribution is -2.27. The van der Waals surface area contributed by atoms with Gasteiger partial charge in [-0.3, -0.25) is 0 Å². The third kappa shape index (κ3) is 2.28. The third-order valence-electron chi connectivity index (χ3n) is 3.75. The summed E-state index contributed by atoms with van der Waals surface area (Å²) in [6.45, 7) is 6.47. The van der Waals surface area contributed by atoms with Crippen LogP contribution in [0.25, 0.3) is 0 Å². The predicted octanol–water partition coefficient (Wildman–Crippen LogP) is 2.81. The number of hydrogen-bond donors (Lipinski definition) is 1. The second-order valence-corrected chi connectivity index (χ2v) is 6.79. The van der Waals surface area contributed by atoms with Crippen LogP contribution in [0, 0.1) is 0 Å². The Bertz CT molecular complexity index is 439. The molecular formula is C14H21N3S. The molecule has 1 fully saturated rings. The van der Waals surface area contributed by atoms with Gasteiger partial charge in [0.15, 0.2) is 0 Å². The highest BCUT2D eigenvalue weighted by molar-refractivity contribution is 7.99. The van der Waals surface area contributed by atoms with E-state index in [0.717, 1.165) is 25.3 Å². The van der Waals surface area contributed by atoms with Gasteiger partial charge >= 0.3 is 0 Å². The van der Waals surface area contributed by atoms with E-state index < -0.39 is 0 Å². The average molecular weight is 263 g/mol. The van der Waals surface area contributed by atoms with E-state index in [2.05, 4.69) is 19.2 Å². The number of nitrogens with zero attached hydrogens (tertiary/aromatic N) is 2. The minimum Gasteiger partial charge on any atom is -0.311 e. The Hall–Kier alpha value is -0.610. The Labute approximate surface area is 113 Å². The lowest BCUT2D eigenvalue weighted by molar-refractivity contribution is 0.596. The van der Waals surface area contributed by atoms with Crippen molar-refractivity contribution in [1.29, 1.82) is 0 Å². The van der Waals surface area contributed by atoms with Gasteiger partial charge in [0.05, 0.1) is 16.6 Å². The molecule has 1 N–H and O–H groups in total. The molecule has 2 aliphatic rings. The first-order chi connectivity index (χ1) is 8.75. The molecule has 2 aliphatic heterocycles. The van der Waals surface area contributed by atoms with Crippen LogP contribution in [0.3, 0.4) is 0 Å². The second-order valence-electron chi connectivity index (χ2n) is 5.48. The predicted molar refractivity (Wildman–Crippen MR) is 76.0 cm³/mol. The Morgan fingerprint density at radius 1 is 1.33 bits per heavy atom. The van der Waals surface area contributed by atoms with Crippen molar-refractivity contribution in [3.8, 4) is 0 Å². The highest BCUT2D eigenvalue weighted by Crippen LogP contribution is 2.39. The minimum atomic E-state index is 0.505. The van der Waals surface area contributed by atoms with Gasteiger partial charge in [0.1, 0.15) is 5.82 Å². The fourth-order valence-electron chi connectivity index (χ4n) is 2.81. The van der Waals surface area contributed by atoms with Crippen LogP contribution in [0.4, 0.5) is 0 Å². The van der Waals surface area contributed by atoms with Gasteiger partial charge in [-0.1, -0.05) is 13.8 Å². The lowest BCUT2D eigenvalue weighted by Gasteiger charge is -2.22. The quantitative estimate of drug-likeness (QED) is 0.890. The SMILES string of the molecule is CC(C)c1nc(C2CCCS2)nc2c1CCNC2. The smallest absolute Gasteiger partial charge is 0.141 e. The number of aromatic nitrogens is 2. The van der Waals surface area contributed by atoms with Crippen LogP contribution in [-0.4, -0.2) is 22.3 Å². The summed E-state index contributed by atoms with van der Waals surface area (Å²) in [5.41, 5.74) is 3.96. The molecule has 0 aliphatic carbocycles. The Morgan fingerprint density at radius 3 is 2.94 bits per heavy atom. The summed E-state index contributed by atoms with van der Waals surface area (Å²) >= 11 is 2.02. The molecule has 3 rings (SSSR count). The summed E-state index contributed by atoms with van der Waals surface area (Å²) in [6.07, 6.45) is 3.64.